The molecule has 0 aliphatic heterocycles. The zero-order valence-electron chi connectivity index (χ0n) is 11.4. The zero-order chi connectivity index (χ0) is 12.7. The van der Waals surface area contributed by atoms with Gasteiger partial charge in [0.05, 0.1) is 6.61 Å². The number of hydrogen-bond donors (Lipinski definition) is 1. The van der Waals surface area contributed by atoms with Crippen molar-refractivity contribution in [2.75, 3.05) is 18.5 Å². The average molecular weight is 236 g/mol. The fourth-order valence-corrected chi connectivity index (χ4v) is 1.35. The topological polar surface area (TPSA) is 34.1 Å². The largest absolute Gasteiger partial charge is 0.490 e. The molecule has 96 valence electrons. The van der Waals surface area contributed by atoms with E-state index in [0.717, 1.165) is 31.1 Å². The predicted molar refractivity (Wildman–Crippen MR) is 72.5 cm³/mol. The molecule has 1 aromatic rings. The zero-order valence-corrected chi connectivity index (χ0v) is 11.4. The van der Waals surface area contributed by atoms with Crippen LogP contribution in [0.25, 0.3) is 0 Å². The minimum absolute atomic E-state index is 0.621. The summed E-state index contributed by atoms with van der Waals surface area (Å²) in [6, 6.07) is 3.87. The van der Waals surface area contributed by atoms with Crippen molar-refractivity contribution < 1.29 is 4.74 Å². The van der Waals surface area contributed by atoms with Gasteiger partial charge >= 0.3 is 0 Å². The van der Waals surface area contributed by atoms with Crippen molar-refractivity contribution in [3.8, 4) is 5.75 Å². The van der Waals surface area contributed by atoms with Crippen LogP contribution < -0.4 is 10.1 Å². The lowest BCUT2D eigenvalue weighted by molar-refractivity contribution is 0.317. The van der Waals surface area contributed by atoms with Gasteiger partial charge in [0.15, 0.2) is 11.6 Å². The third-order valence-corrected chi connectivity index (χ3v) is 2.96. The molecule has 17 heavy (non-hydrogen) atoms. The summed E-state index contributed by atoms with van der Waals surface area (Å²) in [5.41, 5.74) is 0. The lowest BCUT2D eigenvalue weighted by Gasteiger charge is -2.18. The van der Waals surface area contributed by atoms with Crippen molar-refractivity contribution >= 4 is 5.82 Å². The Bertz CT molecular complexity index is 326. The molecule has 1 N–H and O–H groups in total. The van der Waals surface area contributed by atoms with Gasteiger partial charge in [-0.25, -0.2) is 4.98 Å². The van der Waals surface area contributed by atoms with Crippen LogP contribution in [0.1, 0.15) is 34.1 Å². The first kappa shape index (κ1) is 13.8. The van der Waals surface area contributed by atoms with E-state index < -0.39 is 0 Å². The molecule has 0 radical (unpaired) electrons. The van der Waals surface area contributed by atoms with Crippen LogP contribution in [0, 0.1) is 11.8 Å². The molecule has 1 heterocycles. The van der Waals surface area contributed by atoms with Gasteiger partial charge in [-0.05, 0) is 30.4 Å². The molecule has 0 saturated carbocycles. The Morgan fingerprint density at radius 3 is 2.76 bits per heavy atom. The Morgan fingerprint density at radius 2 is 2.12 bits per heavy atom. The van der Waals surface area contributed by atoms with Crippen LogP contribution in [0.5, 0.6) is 5.75 Å². The van der Waals surface area contributed by atoms with Gasteiger partial charge in [-0.3, -0.25) is 0 Å². The van der Waals surface area contributed by atoms with Gasteiger partial charge in [0.1, 0.15) is 0 Å². The van der Waals surface area contributed by atoms with E-state index in [-0.39, 0.29) is 0 Å². The van der Waals surface area contributed by atoms with Crippen LogP contribution in [0.2, 0.25) is 0 Å². The molecule has 0 bridgehead atoms. The number of ether oxygens (including phenoxy) is 1. The second-order valence-corrected chi connectivity index (χ2v) is 4.80. The quantitative estimate of drug-likeness (QED) is 0.785. The average Bonchev–Trinajstić information content (AvgIpc) is 2.34. The first-order valence-electron chi connectivity index (χ1n) is 6.46. The predicted octanol–water partition coefficient (Wildman–Crippen LogP) is 3.57. The van der Waals surface area contributed by atoms with Crippen LogP contribution >= 0.6 is 0 Å². The molecule has 1 unspecified atom stereocenters. The molecule has 0 fully saturated rings. The minimum atomic E-state index is 0.621. The SMILES string of the molecule is CCCOc1cccnc1NCC(C)C(C)C. The van der Waals surface area contributed by atoms with Crippen LogP contribution in [0.15, 0.2) is 18.3 Å². The highest BCUT2D eigenvalue weighted by molar-refractivity contribution is 5.49. The summed E-state index contributed by atoms with van der Waals surface area (Å²) in [5, 5.41) is 3.37. The number of anilines is 1. The maximum Gasteiger partial charge on any atom is 0.168 e. The van der Waals surface area contributed by atoms with Gasteiger partial charge in [-0.2, -0.15) is 0 Å². The van der Waals surface area contributed by atoms with Crippen LogP contribution in [-0.2, 0) is 0 Å². The fraction of sp³-hybridized carbons (Fsp3) is 0.643. The summed E-state index contributed by atoms with van der Waals surface area (Å²) < 4.78 is 5.65. The first-order valence-corrected chi connectivity index (χ1v) is 6.46. The van der Waals surface area contributed by atoms with Crippen molar-refractivity contribution in [2.24, 2.45) is 11.8 Å². The van der Waals surface area contributed by atoms with E-state index in [1.807, 2.05) is 12.1 Å². The van der Waals surface area contributed by atoms with E-state index in [4.69, 9.17) is 4.74 Å². The Hall–Kier alpha value is -1.25. The summed E-state index contributed by atoms with van der Waals surface area (Å²) in [6.07, 6.45) is 2.80. The van der Waals surface area contributed by atoms with Gasteiger partial charge in [-0.15, -0.1) is 0 Å². The number of aromatic nitrogens is 1. The van der Waals surface area contributed by atoms with Gasteiger partial charge in [-0.1, -0.05) is 27.7 Å². The number of pyridine rings is 1. The fourth-order valence-electron chi connectivity index (χ4n) is 1.35. The minimum Gasteiger partial charge on any atom is -0.490 e. The number of rotatable bonds is 7. The first-order chi connectivity index (χ1) is 8.15. The molecule has 0 amide bonds. The van der Waals surface area contributed by atoms with Crippen molar-refractivity contribution in [3.05, 3.63) is 18.3 Å². The molecular weight excluding hydrogens is 212 g/mol. The number of hydrogen-bond acceptors (Lipinski definition) is 3. The maximum atomic E-state index is 5.65. The smallest absolute Gasteiger partial charge is 0.168 e. The molecule has 1 atom stereocenters. The van der Waals surface area contributed by atoms with Crippen LogP contribution in [-0.4, -0.2) is 18.1 Å². The molecule has 0 saturated heterocycles. The highest BCUT2D eigenvalue weighted by atomic mass is 16.5. The van der Waals surface area contributed by atoms with Crippen LogP contribution in [0.4, 0.5) is 5.82 Å². The monoisotopic (exact) mass is 236 g/mol. The molecule has 0 aromatic carbocycles. The molecule has 3 heteroatoms. The van der Waals surface area contributed by atoms with E-state index in [1.54, 1.807) is 6.20 Å². The van der Waals surface area contributed by atoms with E-state index in [1.165, 1.54) is 0 Å². The Labute approximate surface area is 105 Å². The standard InChI is InChI=1S/C14H24N2O/c1-5-9-17-13-7-6-8-15-14(13)16-10-12(4)11(2)3/h6-8,11-12H,5,9-10H2,1-4H3,(H,15,16). The summed E-state index contributed by atoms with van der Waals surface area (Å²) in [4.78, 5) is 4.33. The molecule has 0 aliphatic rings. The van der Waals surface area contributed by atoms with Gasteiger partial charge < -0.3 is 10.1 Å². The molecule has 0 spiro atoms. The summed E-state index contributed by atoms with van der Waals surface area (Å²) >= 11 is 0. The molecule has 1 aromatic heterocycles. The lowest BCUT2D eigenvalue weighted by Crippen LogP contribution is -2.17. The van der Waals surface area contributed by atoms with Crippen molar-refractivity contribution in [3.63, 3.8) is 0 Å². The Kier molecular flexibility index (Phi) is 5.81. The molecule has 1 rings (SSSR count). The summed E-state index contributed by atoms with van der Waals surface area (Å²) in [7, 11) is 0. The molecule has 0 aliphatic carbocycles. The highest BCUT2D eigenvalue weighted by Gasteiger charge is 2.09. The molecular formula is C14H24N2O. The van der Waals surface area contributed by atoms with Gasteiger partial charge in [0, 0.05) is 12.7 Å². The third-order valence-electron chi connectivity index (χ3n) is 2.96. The van der Waals surface area contributed by atoms with Crippen molar-refractivity contribution in [1.82, 2.24) is 4.98 Å². The van der Waals surface area contributed by atoms with E-state index in [2.05, 4.69) is 38.0 Å². The Balaban J connectivity index is 2.57. The highest BCUT2D eigenvalue weighted by Crippen LogP contribution is 2.22. The summed E-state index contributed by atoms with van der Waals surface area (Å²) in [5.74, 6) is 3.00. The third kappa shape index (κ3) is 4.63. The summed E-state index contributed by atoms with van der Waals surface area (Å²) in [6.45, 7) is 10.5. The van der Waals surface area contributed by atoms with Crippen LogP contribution in [0.3, 0.4) is 0 Å². The second kappa shape index (κ2) is 7.15. The van der Waals surface area contributed by atoms with E-state index in [9.17, 15) is 0 Å². The van der Waals surface area contributed by atoms with Gasteiger partial charge in [0.2, 0.25) is 0 Å². The second-order valence-electron chi connectivity index (χ2n) is 4.80. The number of nitrogens with one attached hydrogen (secondary N) is 1. The van der Waals surface area contributed by atoms with Crippen molar-refractivity contribution in [2.45, 2.75) is 34.1 Å². The van der Waals surface area contributed by atoms with Crippen molar-refractivity contribution in [1.29, 1.82) is 0 Å². The molecule has 3 nitrogen and oxygen atoms in total. The maximum absolute atomic E-state index is 5.65. The number of nitrogens with zero attached hydrogens (tertiary/aromatic N) is 1. The van der Waals surface area contributed by atoms with Gasteiger partial charge in [0.25, 0.3) is 0 Å². The van der Waals surface area contributed by atoms with E-state index in [0.29, 0.717) is 11.8 Å². The normalized spacial score (nSPS) is 12.5. The van der Waals surface area contributed by atoms with E-state index >= 15 is 0 Å². The Morgan fingerprint density at radius 1 is 1.35 bits per heavy atom. The lowest BCUT2D eigenvalue weighted by atomic mass is 9.98.